The second kappa shape index (κ2) is 4.61. The van der Waals surface area contributed by atoms with Crippen molar-refractivity contribution < 1.29 is 0 Å². The number of hydrogen-bond donors (Lipinski definition) is 1. The molecule has 0 aliphatic carbocycles. The van der Waals surface area contributed by atoms with Gasteiger partial charge in [-0.05, 0) is 6.42 Å². The number of aromatic nitrogens is 4. The summed E-state index contributed by atoms with van der Waals surface area (Å²) in [7, 11) is 0. The van der Waals surface area contributed by atoms with E-state index >= 15 is 0 Å². The third kappa shape index (κ3) is 1.95. The van der Waals surface area contributed by atoms with Crippen LogP contribution in [0.1, 0.15) is 24.6 Å². The van der Waals surface area contributed by atoms with Crippen molar-refractivity contribution >= 4 is 5.82 Å². The first kappa shape index (κ1) is 11.1. The van der Waals surface area contributed by atoms with Crippen LogP contribution in [0.25, 0.3) is 5.82 Å². The van der Waals surface area contributed by atoms with Gasteiger partial charge in [0.2, 0.25) is 0 Å². The molecule has 17 heavy (non-hydrogen) atoms. The molecule has 0 aliphatic heterocycles. The van der Waals surface area contributed by atoms with Crippen molar-refractivity contribution in [1.82, 2.24) is 19.7 Å². The number of rotatable bonds is 3. The van der Waals surface area contributed by atoms with Crippen molar-refractivity contribution in [3.05, 3.63) is 29.8 Å². The molecule has 0 amide bonds. The second-order valence-electron chi connectivity index (χ2n) is 3.54. The number of aryl methyl sites for hydroxylation is 1. The molecule has 0 spiro atoms. The summed E-state index contributed by atoms with van der Waals surface area (Å²) >= 11 is 0. The quantitative estimate of drug-likeness (QED) is 0.848. The number of nitriles is 1. The fraction of sp³-hybridized carbons (Fsp3) is 0.273. The lowest BCUT2D eigenvalue weighted by atomic mass is 10.2. The molecule has 86 valence electrons. The number of anilines is 1. The van der Waals surface area contributed by atoms with Crippen molar-refractivity contribution in [2.24, 2.45) is 0 Å². The molecule has 0 atom stereocenters. The molecule has 6 nitrogen and oxygen atoms in total. The highest BCUT2D eigenvalue weighted by molar-refractivity contribution is 5.54. The van der Waals surface area contributed by atoms with Gasteiger partial charge in [0.25, 0.3) is 0 Å². The third-order valence-electron chi connectivity index (χ3n) is 2.36. The minimum Gasteiger partial charge on any atom is -0.382 e. The zero-order valence-corrected chi connectivity index (χ0v) is 9.46. The highest BCUT2D eigenvalue weighted by Gasteiger charge is 2.16. The Labute approximate surface area is 98.7 Å². The van der Waals surface area contributed by atoms with Gasteiger partial charge in [0, 0.05) is 12.4 Å². The molecular weight excluding hydrogens is 216 g/mol. The van der Waals surface area contributed by atoms with Crippen LogP contribution in [0.4, 0.5) is 5.82 Å². The molecule has 2 aromatic rings. The molecule has 2 rings (SSSR count). The number of hydrogen-bond acceptors (Lipinski definition) is 5. The zero-order valence-electron chi connectivity index (χ0n) is 9.46. The minimum atomic E-state index is 0.316. The fourth-order valence-corrected chi connectivity index (χ4v) is 1.59. The summed E-state index contributed by atoms with van der Waals surface area (Å²) in [4.78, 5) is 8.06. The second-order valence-corrected chi connectivity index (χ2v) is 3.54. The lowest BCUT2D eigenvalue weighted by Gasteiger charge is -2.00. The normalized spacial score (nSPS) is 10.1. The molecule has 0 saturated heterocycles. The maximum atomic E-state index is 9.07. The molecule has 0 aliphatic rings. The van der Waals surface area contributed by atoms with Gasteiger partial charge in [-0.15, -0.1) is 0 Å². The summed E-state index contributed by atoms with van der Waals surface area (Å²) in [6.07, 6.45) is 6.32. The molecule has 6 heteroatoms. The monoisotopic (exact) mass is 228 g/mol. The van der Waals surface area contributed by atoms with E-state index in [0.717, 1.165) is 12.8 Å². The van der Waals surface area contributed by atoms with Gasteiger partial charge >= 0.3 is 0 Å². The smallest absolute Gasteiger partial charge is 0.174 e. The van der Waals surface area contributed by atoms with E-state index in [1.54, 1.807) is 18.6 Å². The van der Waals surface area contributed by atoms with Crippen LogP contribution in [-0.4, -0.2) is 19.7 Å². The number of nitrogen functional groups attached to an aromatic ring is 1. The Morgan fingerprint density at radius 2 is 2.29 bits per heavy atom. The lowest BCUT2D eigenvalue weighted by Crippen LogP contribution is -2.04. The van der Waals surface area contributed by atoms with Crippen molar-refractivity contribution in [2.75, 3.05) is 5.73 Å². The largest absolute Gasteiger partial charge is 0.382 e. The molecule has 2 aromatic heterocycles. The lowest BCUT2D eigenvalue weighted by molar-refractivity contribution is 0.791. The van der Waals surface area contributed by atoms with Gasteiger partial charge in [-0.1, -0.05) is 13.3 Å². The van der Waals surface area contributed by atoms with Crippen molar-refractivity contribution in [1.29, 1.82) is 5.26 Å². The SMILES string of the molecule is CCCc1nn(-c2cnccn2)c(N)c1C#N. The Balaban J connectivity index is 2.54. The predicted octanol–water partition coefficient (Wildman–Crippen LogP) is 1.07. The van der Waals surface area contributed by atoms with Crippen LogP contribution in [-0.2, 0) is 6.42 Å². The maximum Gasteiger partial charge on any atom is 0.174 e. The third-order valence-corrected chi connectivity index (χ3v) is 2.36. The van der Waals surface area contributed by atoms with E-state index in [-0.39, 0.29) is 0 Å². The molecule has 2 heterocycles. The number of nitrogens with two attached hydrogens (primary N) is 1. The zero-order chi connectivity index (χ0) is 12.3. The van der Waals surface area contributed by atoms with Crippen LogP contribution >= 0.6 is 0 Å². The van der Waals surface area contributed by atoms with Gasteiger partial charge in [0.05, 0.1) is 11.9 Å². The van der Waals surface area contributed by atoms with Crippen LogP contribution in [0, 0.1) is 11.3 Å². The Morgan fingerprint density at radius 3 is 2.88 bits per heavy atom. The summed E-state index contributed by atoms with van der Waals surface area (Å²) in [5.41, 5.74) is 7.02. The van der Waals surface area contributed by atoms with Crippen molar-refractivity contribution in [3.8, 4) is 11.9 Å². The van der Waals surface area contributed by atoms with Gasteiger partial charge in [-0.3, -0.25) is 4.98 Å². The van der Waals surface area contributed by atoms with Crippen LogP contribution in [0.2, 0.25) is 0 Å². The highest BCUT2D eigenvalue weighted by atomic mass is 15.3. The van der Waals surface area contributed by atoms with E-state index in [9.17, 15) is 0 Å². The van der Waals surface area contributed by atoms with E-state index in [4.69, 9.17) is 11.0 Å². The summed E-state index contributed by atoms with van der Waals surface area (Å²) in [5.74, 6) is 0.834. The number of nitrogens with zero attached hydrogens (tertiary/aromatic N) is 5. The topological polar surface area (TPSA) is 93.4 Å². The van der Waals surface area contributed by atoms with Crippen LogP contribution in [0.15, 0.2) is 18.6 Å². The van der Waals surface area contributed by atoms with Crippen LogP contribution < -0.4 is 5.73 Å². The Morgan fingerprint density at radius 1 is 1.47 bits per heavy atom. The average Bonchev–Trinajstić information content (AvgIpc) is 2.67. The summed E-state index contributed by atoms with van der Waals surface area (Å²) in [6.45, 7) is 2.03. The first-order chi connectivity index (χ1) is 8.27. The summed E-state index contributed by atoms with van der Waals surface area (Å²) < 4.78 is 1.45. The van der Waals surface area contributed by atoms with Gasteiger partial charge < -0.3 is 5.73 Å². The molecule has 0 unspecified atom stereocenters. The van der Waals surface area contributed by atoms with Crippen LogP contribution in [0.5, 0.6) is 0 Å². The Hall–Kier alpha value is -2.42. The van der Waals surface area contributed by atoms with Crippen LogP contribution in [0.3, 0.4) is 0 Å². The van der Waals surface area contributed by atoms with Gasteiger partial charge in [-0.25, -0.2) is 4.98 Å². The summed E-state index contributed by atoms with van der Waals surface area (Å²) in [5, 5.41) is 13.4. The minimum absolute atomic E-state index is 0.316. The maximum absolute atomic E-state index is 9.07. The molecule has 0 saturated carbocycles. The van der Waals surface area contributed by atoms with Crippen molar-refractivity contribution in [2.45, 2.75) is 19.8 Å². The average molecular weight is 228 g/mol. The van der Waals surface area contributed by atoms with E-state index in [0.29, 0.717) is 22.9 Å². The predicted molar refractivity (Wildman–Crippen MR) is 62.3 cm³/mol. The molecule has 2 N–H and O–H groups in total. The standard InChI is InChI=1S/C11H12N6/c1-2-3-9-8(6-12)11(13)17(16-9)10-7-14-4-5-15-10/h4-5,7H,2-3,13H2,1H3. The van der Waals surface area contributed by atoms with E-state index in [1.807, 2.05) is 6.92 Å². The van der Waals surface area contributed by atoms with E-state index in [2.05, 4.69) is 21.1 Å². The Bertz CT molecular complexity index is 551. The molecule has 0 radical (unpaired) electrons. The molecule has 0 fully saturated rings. The molecular formula is C11H12N6. The first-order valence-corrected chi connectivity index (χ1v) is 5.31. The molecule has 0 bridgehead atoms. The van der Waals surface area contributed by atoms with E-state index < -0.39 is 0 Å². The Kier molecular flexibility index (Phi) is 3.01. The van der Waals surface area contributed by atoms with Gasteiger partial charge in [0.15, 0.2) is 5.82 Å². The van der Waals surface area contributed by atoms with Crippen molar-refractivity contribution in [3.63, 3.8) is 0 Å². The fourth-order valence-electron chi connectivity index (χ4n) is 1.59. The summed E-state index contributed by atoms with van der Waals surface area (Å²) in [6, 6.07) is 2.08. The van der Waals surface area contributed by atoms with Gasteiger partial charge in [-0.2, -0.15) is 15.0 Å². The molecule has 0 aromatic carbocycles. The van der Waals surface area contributed by atoms with Gasteiger partial charge in [0.1, 0.15) is 17.5 Å². The van der Waals surface area contributed by atoms with E-state index in [1.165, 1.54) is 4.68 Å². The first-order valence-electron chi connectivity index (χ1n) is 5.31. The highest BCUT2D eigenvalue weighted by Crippen LogP contribution is 2.19.